The summed E-state index contributed by atoms with van der Waals surface area (Å²) in [5, 5.41) is 0. The van der Waals surface area contributed by atoms with Crippen LogP contribution in [0.15, 0.2) is 12.2 Å². The van der Waals surface area contributed by atoms with Gasteiger partial charge in [-0.05, 0) is 19.8 Å². The maximum absolute atomic E-state index is 12.9. The van der Waals surface area contributed by atoms with Gasteiger partial charge in [-0.25, -0.2) is 4.79 Å². The van der Waals surface area contributed by atoms with Crippen molar-refractivity contribution in [2.75, 3.05) is 13.2 Å². The minimum Gasteiger partial charge on any atom is -0.463 e. The molecule has 0 amide bonds. The summed E-state index contributed by atoms with van der Waals surface area (Å²) in [5.74, 6) is -4.86. The summed E-state index contributed by atoms with van der Waals surface area (Å²) in [6.07, 6.45) is -6.46. The van der Waals surface area contributed by atoms with Gasteiger partial charge >= 0.3 is 29.8 Å². The van der Waals surface area contributed by atoms with Gasteiger partial charge in [-0.1, -0.05) is 13.5 Å². The number of esters is 5. The van der Waals surface area contributed by atoms with Crippen molar-refractivity contribution in [2.24, 2.45) is 11.8 Å². The zero-order valence-corrected chi connectivity index (χ0v) is 25.3. The summed E-state index contributed by atoms with van der Waals surface area (Å²) in [7, 11) is 0. The smallest absolute Gasteiger partial charge is 0.334 e. The van der Waals surface area contributed by atoms with Gasteiger partial charge in [-0.3, -0.25) is 28.8 Å². The Labute approximate surface area is 249 Å². The van der Waals surface area contributed by atoms with Gasteiger partial charge in [0.05, 0.1) is 0 Å². The van der Waals surface area contributed by atoms with Crippen LogP contribution in [0.5, 0.6) is 0 Å². The number of carbonyl (C=O) groups excluding carboxylic acids is 7. The molecule has 14 nitrogen and oxygen atoms in total. The molecule has 0 aliphatic carbocycles. The van der Waals surface area contributed by atoms with E-state index in [1.165, 1.54) is 13.8 Å². The van der Waals surface area contributed by atoms with Crippen molar-refractivity contribution in [3.05, 3.63) is 12.2 Å². The van der Waals surface area contributed by atoms with E-state index in [4.69, 9.17) is 33.2 Å². The van der Waals surface area contributed by atoms with Crippen LogP contribution < -0.4 is 0 Å². The van der Waals surface area contributed by atoms with Crippen molar-refractivity contribution in [1.82, 2.24) is 0 Å². The first-order valence-corrected chi connectivity index (χ1v) is 13.9. The maximum atomic E-state index is 12.9. The SMILES string of the molecule is C=C1C(=O)O[C@H](CC(C)=O)[C@@H]1CC(=O)C(C)CCCO[C@@H]1O[C@H](COC(C)=O)[C@@H](OC(C)=O)[C@H](OC(C)=O)[C@H]1OC(C)=O. The van der Waals surface area contributed by atoms with Gasteiger partial charge in [-0.15, -0.1) is 0 Å². The van der Waals surface area contributed by atoms with Crippen LogP contribution in [0.25, 0.3) is 0 Å². The Balaban J connectivity index is 2.09. The Morgan fingerprint density at radius 1 is 0.814 bits per heavy atom. The van der Waals surface area contributed by atoms with Crippen molar-refractivity contribution in [3.63, 3.8) is 0 Å². The van der Waals surface area contributed by atoms with Crippen LogP contribution in [-0.2, 0) is 66.7 Å². The van der Waals surface area contributed by atoms with Gasteiger partial charge < -0.3 is 33.2 Å². The predicted octanol–water partition coefficient (Wildman–Crippen LogP) is 1.54. The zero-order valence-electron chi connectivity index (χ0n) is 25.3. The quantitative estimate of drug-likeness (QED) is 0.112. The highest BCUT2D eigenvalue weighted by Crippen LogP contribution is 2.33. The van der Waals surface area contributed by atoms with Gasteiger partial charge in [0.25, 0.3) is 0 Å². The van der Waals surface area contributed by atoms with Gasteiger partial charge in [0, 0.05) is 64.6 Å². The first kappa shape index (κ1) is 35.5. The molecule has 1 unspecified atom stereocenters. The summed E-state index contributed by atoms with van der Waals surface area (Å²) in [4.78, 5) is 83.6. The standard InChI is InChI=1S/C29H40O14/c1-14(22(35)12-21-16(3)28(36)42-23(21)11-15(2)30)9-8-10-37-29-27(41-20(7)34)26(40-19(6)33)25(39-18(5)32)24(43-29)13-38-17(4)31/h14,21,23-27,29H,3,8-13H2,1-2,4-7H3/t14?,21-,23-,24-,25-,26+,27-,29-/m1/s1. The average molecular weight is 613 g/mol. The van der Waals surface area contributed by atoms with E-state index in [0.29, 0.717) is 12.8 Å². The van der Waals surface area contributed by atoms with Gasteiger partial charge in [-0.2, -0.15) is 0 Å². The van der Waals surface area contributed by atoms with E-state index < -0.39 is 78.5 Å². The van der Waals surface area contributed by atoms with Crippen molar-refractivity contribution < 1.29 is 66.7 Å². The molecule has 43 heavy (non-hydrogen) atoms. The molecule has 0 bridgehead atoms. The fraction of sp³-hybridized carbons (Fsp3) is 0.690. The second-order valence-corrected chi connectivity index (χ2v) is 10.6. The normalized spacial score (nSPS) is 27.4. The zero-order chi connectivity index (χ0) is 32.4. The van der Waals surface area contributed by atoms with Crippen LogP contribution in [0.4, 0.5) is 0 Å². The number of hydrogen-bond acceptors (Lipinski definition) is 14. The molecule has 0 aromatic heterocycles. The lowest BCUT2D eigenvalue weighted by molar-refractivity contribution is -0.308. The van der Waals surface area contributed by atoms with E-state index in [1.807, 2.05) is 0 Å². The lowest BCUT2D eigenvalue weighted by Gasteiger charge is -2.44. The van der Waals surface area contributed by atoms with Gasteiger partial charge in [0.2, 0.25) is 0 Å². The lowest BCUT2D eigenvalue weighted by atomic mass is 9.85. The summed E-state index contributed by atoms with van der Waals surface area (Å²) in [5.41, 5.74) is 0.166. The van der Waals surface area contributed by atoms with E-state index in [9.17, 15) is 33.6 Å². The molecule has 0 aromatic carbocycles. The molecule has 2 aliphatic rings. The molecular formula is C29H40O14. The van der Waals surface area contributed by atoms with Crippen LogP contribution in [0.2, 0.25) is 0 Å². The summed E-state index contributed by atoms with van der Waals surface area (Å²) in [6.45, 7) is 11.0. The highest BCUT2D eigenvalue weighted by molar-refractivity contribution is 5.93. The van der Waals surface area contributed by atoms with Crippen molar-refractivity contribution >= 4 is 41.4 Å². The van der Waals surface area contributed by atoms with Crippen LogP contribution >= 0.6 is 0 Å². The highest BCUT2D eigenvalue weighted by Gasteiger charge is 2.52. The Bertz CT molecular complexity index is 1100. The Morgan fingerprint density at radius 2 is 1.40 bits per heavy atom. The van der Waals surface area contributed by atoms with Crippen molar-refractivity contribution in [3.8, 4) is 0 Å². The molecule has 0 N–H and O–H groups in total. The van der Waals surface area contributed by atoms with Crippen LogP contribution in [0.3, 0.4) is 0 Å². The highest BCUT2D eigenvalue weighted by atomic mass is 16.7. The number of Topliss-reactive ketones (excluding diaryl/α,β-unsaturated/α-hetero) is 2. The maximum Gasteiger partial charge on any atom is 0.334 e. The second kappa shape index (κ2) is 16.3. The third-order valence-corrected chi connectivity index (χ3v) is 6.89. The van der Waals surface area contributed by atoms with Gasteiger partial charge in [0.1, 0.15) is 30.4 Å². The summed E-state index contributed by atoms with van der Waals surface area (Å²) in [6, 6.07) is 0. The number of carbonyl (C=O) groups is 7. The number of ether oxygens (including phenoxy) is 7. The molecule has 2 saturated heterocycles. The number of cyclic esters (lactones) is 1. The molecule has 8 atom stereocenters. The minimum absolute atomic E-state index is 0.000910. The minimum atomic E-state index is -1.35. The van der Waals surface area contributed by atoms with Crippen LogP contribution in [0, 0.1) is 11.8 Å². The molecule has 0 spiro atoms. The third kappa shape index (κ3) is 10.8. The van der Waals surface area contributed by atoms with E-state index >= 15 is 0 Å². The average Bonchev–Trinajstić information content (AvgIpc) is 3.14. The molecule has 2 aliphatic heterocycles. The van der Waals surface area contributed by atoms with E-state index in [2.05, 4.69) is 6.58 Å². The van der Waals surface area contributed by atoms with Crippen molar-refractivity contribution in [2.45, 2.75) is 104 Å². The largest absolute Gasteiger partial charge is 0.463 e. The second-order valence-electron chi connectivity index (χ2n) is 10.6. The molecule has 0 radical (unpaired) electrons. The molecule has 2 fully saturated rings. The molecule has 2 rings (SSSR count). The number of ketones is 2. The Morgan fingerprint density at radius 3 is 1.95 bits per heavy atom. The monoisotopic (exact) mass is 612 g/mol. The topological polar surface area (TPSA) is 184 Å². The Kier molecular flexibility index (Phi) is 13.4. The van der Waals surface area contributed by atoms with Gasteiger partial charge in [0.15, 0.2) is 24.6 Å². The fourth-order valence-electron chi connectivity index (χ4n) is 4.88. The van der Waals surface area contributed by atoms with Crippen LogP contribution in [0.1, 0.15) is 67.2 Å². The predicted molar refractivity (Wildman–Crippen MR) is 144 cm³/mol. The molecular weight excluding hydrogens is 572 g/mol. The molecule has 0 aromatic rings. The van der Waals surface area contributed by atoms with Crippen LogP contribution in [-0.4, -0.2) is 91.4 Å². The first-order valence-electron chi connectivity index (χ1n) is 13.9. The third-order valence-electron chi connectivity index (χ3n) is 6.89. The first-order chi connectivity index (χ1) is 20.1. The molecule has 0 saturated carbocycles. The fourth-order valence-corrected chi connectivity index (χ4v) is 4.88. The summed E-state index contributed by atoms with van der Waals surface area (Å²) < 4.78 is 38.0. The van der Waals surface area contributed by atoms with Crippen molar-refractivity contribution in [1.29, 1.82) is 0 Å². The Hall–Kier alpha value is -3.65. The van der Waals surface area contributed by atoms with E-state index in [0.717, 1.165) is 20.8 Å². The van der Waals surface area contributed by atoms with E-state index in [1.54, 1.807) is 6.92 Å². The molecule has 240 valence electrons. The number of rotatable bonds is 15. The lowest BCUT2D eigenvalue weighted by Crippen LogP contribution is -2.63. The number of hydrogen-bond donors (Lipinski definition) is 0. The molecule has 2 heterocycles. The molecule has 14 heteroatoms. The van der Waals surface area contributed by atoms with E-state index in [-0.39, 0.29) is 43.2 Å². The summed E-state index contributed by atoms with van der Waals surface area (Å²) >= 11 is 0.